The number of benzene rings is 1. The molecule has 1 unspecified atom stereocenters. The number of hydrogen-bond donors (Lipinski definition) is 2. The Labute approximate surface area is 187 Å². The molecule has 1 atom stereocenters. The highest BCUT2D eigenvalue weighted by Crippen LogP contribution is 2.33. The third-order valence-corrected chi connectivity index (χ3v) is 5.76. The Kier molecular flexibility index (Phi) is 5.29. The molecule has 1 amide bonds. The van der Waals surface area contributed by atoms with Crippen LogP contribution in [0.15, 0.2) is 42.9 Å². The van der Waals surface area contributed by atoms with Crippen LogP contribution in [-0.2, 0) is 11.2 Å². The number of imidazole rings is 2. The maximum atomic E-state index is 15.3. The molecule has 5 rings (SSSR count). The first-order valence-corrected chi connectivity index (χ1v) is 10.5. The second-order valence-electron chi connectivity index (χ2n) is 8.02. The van der Waals surface area contributed by atoms with E-state index >= 15 is 8.78 Å². The number of hydrogen-bond acceptors (Lipinski definition) is 4. The monoisotopic (exact) mass is 453 g/mol. The number of morpholine rings is 1. The van der Waals surface area contributed by atoms with E-state index in [1.54, 1.807) is 16.8 Å². The van der Waals surface area contributed by atoms with E-state index in [0.717, 1.165) is 5.56 Å². The zero-order chi connectivity index (χ0) is 23.1. The summed E-state index contributed by atoms with van der Waals surface area (Å²) in [6.45, 7) is 2.60. The molecule has 3 aromatic heterocycles. The van der Waals surface area contributed by atoms with Crippen LogP contribution in [0.25, 0.3) is 28.3 Å². The number of carbonyl (C=O) groups is 1. The van der Waals surface area contributed by atoms with Crippen LogP contribution in [0.2, 0.25) is 0 Å². The van der Waals surface area contributed by atoms with Crippen molar-refractivity contribution in [2.24, 2.45) is 0 Å². The van der Waals surface area contributed by atoms with Gasteiger partial charge in [-0.25, -0.2) is 23.5 Å². The zero-order valence-corrected chi connectivity index (χ0v) is 17.8. The zero-order valence-electron chi connectivity index (χ0n) is 17.8. The molecule has 1 aliphatic heterocycles. The van der Waals surface area contributed by atoms with E-state index in [-0.39, 0.29) is 42.9 Å². The lowest BCUT2D eigenvalue weighted by atomic mass is 10.0. The third kappa shape index (κ3) is 3.93. The summed E-state index contributed by atoms with van der Waals surface area (Å²) < 4.78 is 38.1. The number of pyridine rings is 1. The number of H-pyrrole nitrogens is 1. The standard InChI is InChI=1S/C23H21F2N5O3/c1-13-2-5-30-18(11-15-12-29(23(31)32)6-7-33-15)21(28-19(30)8-13)20-16(24)9-14(10-17(20)25)22-26-3-4-27-22/h2-5,8-10,15H,6-7,11-12H2,1H3,(H,26,27)(H,31,32). The number of fused-ring (bicyclic) bond motifs is 1. The van der Waals surface area contributed by atoms with Gasteiger partial charge < -0.3 is 24.1 Å². The summed E-state index contributed by atoms with van der Waals surface area (Å²) in [6.07, 6.45) is 3.62. The first-order chi connectivity index (χ1) is 15.9. The van der Waals surface area contributed by atoms with Crippen molar-refractivity contribution in [2.45, 2.75) is 19.4 Å². The fourth-order valence-electron chi connectivity index (χ4n) is 4.18. The Morgan fingerprint density at radius 1 is 1.30 bits per heavy atom. The van der Waals surface area contributed by atoms with Crippen LogP contribution < -0.4 is 0 Å². The van der Waals surface area contributed by atoms with Crippen molar-refractivity contribution in [1.29, 1.82) is 0 Å². The van der Waals surface area contributed by atoms with Gasteiger partial charge in [-0.15, -0.1) is 0 Å². The van der Waals surface area contributed by atoms with Crippen LogP contribution in [0, 0.1) is 18.6 Å². The highest BCUT2D eigenvalue weighted by atomic mass is 19.1. The molecule has 0 spiro atoms. The van der Waals surface area contributed by atoms with Crippen LogP contribution in [0.4, 0.5) is 13.6 Å². The molecule has 8 nitrogen and oxygen atoms in total. The largest absolute Gasteiger partial charge is 0.465 e. The molecule has 0 aliphatic carbocycles. The molecule has 170 valence electrons. The van der Waals surface area contributed by atoms with Gasteiger partial charge in [0, 0.05) is 37.1 Å². The van der Waals surface area contributed by atoms with Gasteiger partial charge in [0.1, 0.15) is 23.1 Å². The molecule has 0 saturated carbocycles. The maximum absolute atomic E-state index is 15.3. The number of amides is 1. The summed E-state index contributed by atoms with van der Waals surface area (Å²) in [7, 11) is 0. The summed E-state index contributed by atoms with van der Waals surface area (Å²) in [5, 5.41) is 9.34. The first kappa shape index (κ1) is 21.1. The van der Waals surface area contributed by atoms with Crippen LogP contribution in [0.5, 0.6) is 0 Å². The quantitative estimate of drug-likeness (QED) is 0.489. The minimum Gasteiger partial charge on any atom is -0.465 e. The van der Waals surface area contributed by atoms with Crippen LogP contribution in [0.3, 0.4) is 0 Å². The normalized spacial score (nSPS) is 16.5. The Morgan fingerprint density at radius 3 is 2.79 bits per heavy atom. The number of carboxylic acid groups (broad SMARTS) is 1. The average molecular weight is 453 g/mol. The van der Waals surface area contributed by atoms with Gasteiger partial charge in [0.2, 0.25) is 0 Å². The van der Waals surface area contributed by atoms with Gasteiger partial charge in [-0.1, -0.05) is 0 Å². The average Bonchev–Trinajstić information content (AvgIpc) is 3.42. The predicted molar refractivity (Wildman–Crippen MR) is 116 cm³/mol. The van der Waals surface area contributed by atoms with E-state index < -0.39 is 23.8 Å². The van der Waals surface area contributed by atoms with Crippen LogP contribution >= 0.6 is 0 Å². The Hall–Kier alpha value is -3.79. The van der Waals surface area contributed by atoms with E-state index in [1.165, 1.54) is 23.2 Å². The summed E-state index contributed by atoms with van der Waals surface area (Å²) in [5.41, 5.74) is 2.24. The van der Waals surface area contributed by atoms with Crippen molar-refractivity contribution in [3.05, 3.63) is 65.7 Å². The Balaban J connectivity index is 1.61. The number of ether oxygens (including phenoxy) is 1. The smallest absolute Gasteiger partial charge is 0.407 e. The molecule has 1 aliphatic rings. The summed E-state index contributed by atoms with van der Waals surface area (Å²) in [6, 6.07) is 6.14. The van der Waals surface area contributed by atoms with Crippen molar-refractivity contribution < 1.29 is 23.4 Å². The summed E-state index contributed by atoms with van der Waals surface area (Å²) in [5.74, 6) is -1.17. The third-order valence-electron chi connectivity index (χ3n) is 5.76. The van der Waals surface area contributed by atoms with Crippen LogP contribution in [-0.4, -0.2) is 61.3 Å². The van der Waals surface area contributed by atoms with Crippen molar-refractivity contribution in [3.8, 4) is 22.6 Å². The van der Waals surface area contributed by atoms with Gasteiger partial charge in [-0.05, 0) is 36.8 Å². The van der Waals surface area contributed by atoms with Gasteiger partial charge in [0.15, 0.2) is 0 Å². The second-order valence-corrected chi connectivity index (χ2v) is 8.02. The Morgan fingerprint density at radius 2 is 2.09 bits per heavy atom. The Bertz CT molecular complexity index is 1310. The fraction of sp³-hybridized carbons (Fsp3) is 0.261. The van der Waals surface area contributed by atoms with Gasteiger partial charge in [-0.2, -0.15) is 0 Å². The predicted octanol–water partition coefficient (Wildman–Crippen LogP) is 3.90. The molecule has 0 bridgehead atoms. The lowest BCUT2D eigenvalue weighted by Crippen LogP contribution is -2.45. The van der Waals surface area contributed by atoms with Gasteiger partial charge >= 0.3 is 6.09 Å². The van der Waals surface area contributed by atoms with Gasteiger partial charge in [0.25, 0.3) is 0 Å². The lowest BCUT2D eigenvalue weighted by molar-refractivity contribution is -0.0214. The molecule has 4 heterocycles. The van der Waals surface area contributed by atoms with E-state index in [9.17, 15) is 9.90 Å². The highest BCUT2D eigenvalue weighted by molar-refractivity contribution is 5.71. The number of aromatic nitrogens is 4. The van der Waals surface area contributed by atoms with Crippen LogP contribution in [0.1, 0.15) is 11.3 Å². The molecule has 1 saturated heterocycles. The number of aryl methyl sites for hydroxylation is 1. The molecule has 1 aromatic carbocycles. The lowest BCUT2D eigenvalue weighted by Gasteiger charge is -2.31. The van der Waals surface area contributed by atoms with E-state index in [4.69, 9.17) is 4.74 Å². The van der Waals surface area contributed by atoms with Crippen molar-refractivity contribution in [2.75, 3.05) is 19.7 Å². The van der Waals surface area contributed by atoms with E-state index in [1.807, 2.05) is 19.1 Å². The molecule has 2 N–H and O–H groups in total. The van der Waals surface area contributed by atoms with Crippen molar-refractivity contribution in [1.82, 2.24) is 24.3 Å². The highest BCUT2D eigenvalue weighted by Gasteiger charge is 2.28. The summed E-state index contributed by atoms with van der Waals surface area (Å²) >= 11 is 0. The SMILES string of the molecule is Cc1ccn2c(CC3CN(C(=O)O)CCO3)c(-c3c(F)cc(-c4ncc[nH]4)cc3F)nc2c1. The summed E-state index contributed by atoms with van der Waals surface area (Å²) in [4.78, 5) is 24.1. The molecule has 4 aromatic rings. The van der Waals surface area contributed by atoms with E-state index in [0.29, 0.717) is 17.2 Å². The minimum absolute atomic E-state index is 0.163. The fourth-order valence-corrected chi connectivity index (χ4v) is 4.18. The van der Waals surface area contributed by atoms with Crippen molar-refractivity contribution in [3.63, 3.8) is 0 Å². The topological polar surface area (TPSA) is 95.8 Å². The number of nitrogens with zero attached hydrogens (tertiary/aromatic N) is 4. The first-order valence-electron chi connectivity index (χ1n) is 10.5. The molecular weight excluding hydrogens is 432 g/mol. The van der Waals surface area contributed by atoms with Crippen molar-refractivity contribution >= 4 is 11.7 Å². The van der Waals surface area contributed by atoms with Gasteiger partial charge in [0.05, 0.1) is 36.2 Å². The molecular formula is C23H21F2N5O3. The number of rotatable bonds is 4. The van der Waals surface area contributed by atoms with E-state index in [2.05, 4.69) is 15.0 Å². The molecule has 0 radical (unpaired) electrons. The molecule has 1 fully saturated rings. The maximum Gasteiger partial charge on any atom is 0.407 e. The number of nitrogens with one attached hydrogen (secondary N) is 1. The molecule has 10 heteroatoms. The number of aromatic amines is 1. The number of halogens is 2. The molecule has 33 heavy (non-hydrogen) atoms. The minimum atomic E-state index is -1.03. The van der Waals surface area contributed by atoms with Gasteiger partial charge in [-0.3, -0.25) is 0 Å². The second kappa shape index (κ2) is 8.28.